The Morgan fingerprint density at radius 2 is 2.19 bits per heavy atom. The normalized spacial score (nSPS) is 10.4. The molecule has 0 aliphatic carbocycles. The number of hydrogen-bond acceptors (Lipinski definition) is 1. The molecule has 0 aliphatic heterocycles. The number of benzene rings is 1. The third kappa shape index (κ3) is 2.36. The van der Waals surface area contributed by atoms with E-state index in [0.717, 1.165) is 11.3 Å². The van der Waals surface area contributed by atoms with Crippen molar-refractivity contribution in [2.24, 2.45) is 0 Å². The highest BCUT2D eigenvalue weighted by atomic mass is 35.5. The largest absolute Gasteiger partial charge is 0.387 e. The van der Waals surface area contributed by atoms with Gasteiger partial charge in [0, 0.05) is 31.0 Å². The Bertz CT molecular complexity index is 494. The Labute approximate surface area is 98.7 Å². The van der Waals surface area contributed by atoms with Gasteiger partial charge in [-0.3, -0.25) is 0 Å². The van der Waals surface area contributed by atoms with Gasteiger partial charge in [-0.2, -0.15) is 0 Å². The first kappa shape index (κ1) is 11.0. The van der Waals surface area contributed by atoms with Gasteiger partial charge in [0.25, 0.3) is 0 Å². The zero-order chi connectivity index (χ0) is 11.5. The van der Waals surface area contributed by atoms with E-state index in [0.29, 0.717) is 11.6 Å². The van der Waals surface area contributed by atoms with Gasteiger partial charge in [0.2, 0.25) is 0 Å². The minimum Gasteiger partial charge on any atom is -0.387 e. The second-order valence-electron chi connectivity index (χ2n) is 3.56. The molecule has 1 heterocycles. The second kappa shape index (κ2) is 4.58. The molecule has 2 aromatic rings. The molecule has 1 N–H and O–H groups in total. The van der Waals surface area contributed by atoms with E-state index in [-0.39, 0.29) is 5.82 Å². The number of halogens is 2. The van der Waals surface area contributed by atoms with E-state index >= 15 is 0 Å². The summed E-state index contributed by atoms with van der Waals surface area (Å²) in [7, 11) is 1.87. The topological polar surface area (TPSA) is 17.0 Å². The van der Waals surface area contributed by atoms with E-state index in [2.05, 4.69) is 5.32 Å². The Morgan fingerprint density at radius 3 is 2.81 bits per heavy atom. The smallest absolute Gasteiger partial charge is 0.124 e. The molecule has 0 bridgehead atoms. The fourth-order valence-electron chi connectivity index (χ4n) is 1.53. The number of aromatic nitrogens is 1. The van der Waals surface area contributed by atoms with Crippen LogP contribution in [0.3, 0.4) is 0 Å². The average Bonchev–Trinajstić information content (AvgIpc) is 2.70. The van der Waals surface area contributed by atoms with Gasteiger partial charge < -0.3 is 9.88 Å². The molecule has 0 aliphatic rings. The molecule has 0 radical (unpaired) electrons. The highest BCUT2D eigenvalue weighted by molar-refractivity contribution is 6.31. The van der Waals surface area contributed by atoms with E-state index in [1.54, 1.807) is 6.07 Å². The van der Waals surface area contributed by atoms with Gasteiger partial charge in [0.05, 0.1) is 5.69 Å². The maximum Gasteiger partial charge on any atom is 0.124 e. The Morgan fingerprint density at radius 1 is 1.38 bits per heavy atom. The minimum absolute atomic E-state index is 0.308. The molecule has 0 fully saturated rings. The lowest BCUT2D eigenvalue weighted by molar-refractivity contribution is 0.626. The molecule has 0 saturated heterocycles. The van der Waals surface area contributed by atoms with Gasteiger partial charge >= 0.3 is 0 Å². The summed E-state index contributed by atoms with van der Waals surface area (Å²) in [5.74, 6) is -0.308. The molecule has 0 saturated carbocycles. The molecule has 1 aromatic heterocycles. The SMILES string of the molecule is CNc1ccn(Cc2ccc(F)cc2Cl)c1. The number of anilines is 1. The van der Waals surface area contributed by atoms with E-state index in [1.807, 2.05) is 30.1 Å². The first-order chi connectivity index (χ1) is 7.69. The Balaban J connectivity index is 2.20. The maximum absolute atomic E-state index is 12.8. The lowest BCUT2D eigenvalue weighted by Crippen LogP contribution is -1.97. The van der Waals surface area contributed by atoms with Crippen LogP contribution in [0.4, 0.5) is 10.1 Å². The standard InChI is InChI=1S/C12H12ClFN2/c1-15-11-4-5-16(8-11)7-9-2-3-10(14)6-12(9)13/h2-6,8,15H,7H2,1H3. The Kier molecular flexibility index (Phi) is 3.15. The predicted octanol–water partition coefficient (Wildman–Crippen LogP) is 3.37. The molecule has 0 unspecified atom stereocenters. The molecular formula is C12H12ClFN2. The van der Waals surface area contributed by atoms with Crippen LogP contribution in [0.5, 0.6) is 0 Å². The molecule has 4 heteroatoms. The van der Waals surface area contributed by atoms with E-state index in [9.17, 15) is 4.39 Å². The average molecular weight is 239 g/mol. The molecule has 0 amide bonds. The fourth-order valence-corrected chi connectivity index (χ4v) is 1.76. The summed E-state index contributed by atoms with van der Waals surface area (Å²) in [6.07, 6.45) is 3.92. The maximum atomic E-state index is 12.8. The summed E-state index contributed by atoms with van der Waals surface area (Å²) in [4.78, 5) is 0. The molecule has 16 heavy (non-hydrogen) atoms. The molecule has 2 nitrogen and oxygen atoms in total. The van der Waals surface area contributed by atoms with Crippen molar-refractivity contribution in [1.29, 1.82) is 0 Å². The summed E-state index contributed by atoms with van der Waals surface area (Å²) in [5, 5.41) is 3.50. The van der Waals surface area contributed by atoms with Crippen molar-refractivity contribution in [3.05, 3.63) is 53.1 Å². The molecular weight excluding hydrogens is 227 g/mol. The third-order valence-corrected chi connectivity index (χ3v) is 2.76. The molecule has 0 spiro atoms. The van der Waals surface area contributed by atoms with E-state index in [1.165, 1.54) is 12.1 Å². The summed E-state index contributed by atoms with van der Waals surface area (Å²) >= 11 is 5.95. The van der Waals surface area contributed by atoms with Crippen molar-refractivity contribution in [3.8, 4) is 0 Å². The predicted molar refractivity (Wildman–Crippen MR) is 64.5 cm³/mol. The zero-order valence-electron chi connectivity index (χ0n) is 8.87. The monoisotopic (exact) mass is 238 g/mol. The van der Waals surface area contributed by atoms with Crippen LogP contribution in [-0.2, 0) is 6.54 Å². The highest BCUT2D eigenvalue weighted by Gasteiger charge is 2.03. The van der Waals surface area contributed by atoms with E-state index < -0.39 is 0 Å². The quantitative estimate of drug-likeness (QED) is 0.868. The number of rotatable bonds is 3. The summed E-state index contributed by atoms with van der Waals surface area (Å²) < 4.78 is 14.8. The van der Waals surface area contributed by atoms with Crippen LogP contribution in [0.15, 0.2) is 36.7 Å². The van der Waals surface area contributed by atoms with Gasteiger partial charge in [-0.1, -0.05) is 17.7 Å². The van der Waals surface area contributed by atoms with Gasteiger partial charge in [0.1, 0.15) is 5.82 Å². The lowest BCUT2D eigenvalue weighted by atomic mass is 10.2. The second-order valence-corrected chi connectivity index (χ2v) is 3.97. The number of nitrogens with one attached hydrogen (secondary N) is 1. The fraction of sp³-hybridized carbons (Fsp3) is 0.167. The third-order valence-electron chi connectivity index (χ3n) is 2.41. The highest BCUT2D eigenvalue weighted by Crippen LogP contribution is 2.19. The summed E-state index contributed by atoms with van der Waals surface area (Å²) in [6.45, 7) is 0.640. The van der Waals surface area contributed by atoms with Crippen LogP contribution in [0, 0.1) is 5.82 Å². The van der Waals surface area contributed by atoms with Crippen LogP contribution in [0.25, 0.3) is 0 Å². The van der Waals surface area contributed by atoms with Crippen molar-refractivity contribution >= 4 is 17.3 Å². The van der Waals surface area contributed by atoms with Crippen LogP contribution in [-0.4, -0.2) is 11.6 Å². The zero-order valence-corrected chi connectivity index (χ0v) is 9.63. The first-order valence-corrected chi connectivity index (χ1v) is 5.34. The Hall–Kier alpha value is -1.48. The van der Waals surface area contributed by atoms with Crippen molar-refractivity contribution in [3.63, 3.8) is 0 Å². The van der Waals surface area contributed by atoms with Gasteiger partial charge in [-0.05, 0) is 23.8 Å². The van der Waals surface area contributed by atoms with Gasteiger partial charge in [-0.15, -0.1) is 0 Å². The molecule has 0 atom stereocenters. The van der Waals surface area contributed by atoms with Gasteiger partial charge in [0.15, 0.2) is 0 Å². The molecule has 84 valence electrons. The van der Waals surface area contributed by atoms with Crippen LogP contribution in [0.1, 0.15) is 5.56 Å². The lowest BCUT2D eigenvalue weighted by Gasteiger charge is -2.05. The number of hydrogen-bond donors (Lipinski definition) is 1. The molecule has 1 aromatic carbocycles. The van der Waals surface area contributed by atoms with Crippen molar-refractivity contribution < 1.29 is 4.39 Å². The van der Waals surface area contributed by atoms with Crippen molar-refractivity contribution in [2.75, 3.05) is 12.4 Å². The number of nitrogens with zero attached hydrogens (tertiary/aromatic N) is 1. The van der Waals surface area contributed by atoms with Crippen LogP contribution >= 0.6 is 11.6 Å². The first-order valence-electron chi connectivity index (χ1n) is 4.96. The summed E-state index contributed by atoms with van der Waals surface area (Å²) in [5.41, 5.74) is 1.94. The van der Waals surface area contributed by atoms with Crippen LogP contribution in [0.2, 0.25) is 5.02 Å². The molecule has 2 rings (SSSR count). The minimum atomic E-state index is -0.308. The van der Waals surface area contributed by atoms with Gasteiger partial charge in [-0.25, -0.2) is 4.39 Å². The van der Waals surface area contributed by atoms with Crippen molar-refractivity contribution in [1.82, 2.24) is 4.57 Å². The van der Waals surface area contributed by atoms with Crippen molar-refractivity contribution in [2.45, 2.75) is 6.54 Å². The summed E-state index contributed by atoms with van der Waals surface area (Å²) in [6, 6.07) is 6.43. The van der Waals surface area contributed by atoms with Crippen LogP contribution < -0.4 is 5.32 Å². The van der Waals surface area contributed by atoms with E-state index in [4.69, 9.17) is 11.6 Å².